The summed E-state index contributed by atoms with van der Waals surface area (Å²) in [6.07, 6.45) is 6.84. The first-order valence-electron chi connectivity index (χ1n) is 8.64. The molecular formula is C24H18O2. The Balaban J connectivity index is 0.000000144. The van der Waals surface area contributed by atoms with Crippen molar-refractivity contribution in [1.29, 1.82) is 0 Å². The highest BCUT2D eigenvalue weighted by molar-refractivity contribution is 5.82. The second-order valence-corrected chi connectivity index (χ2v) is 6.14. The molecule has 4 aromatic rings. The minimum atomic E-state index is 0.0182. The summed E-state index contributed by atoms with van der Waals surface area (Å²) in [7, 11) is 0. The lowest BCUT2D eigenvalue weighted by Gasteiger charge is -2.02. The Hall–Kier alpha value is -3.39. The van der Waals surface area contributed by atoms with Crippen molar-refractivity contribution >= 4 is 27.3 Å². The van der Waals surface area contributed by atoms with Gasteiger partial charge in [0.2, 0.25) is 0 Å². The molecule has 0 saturated carbocycles. The van der Waals surface area contributed by atoms with Crippen molar-refractivity contribution in [3.8, 4) is 0 Å². The van der Waals surface area contributed by atoms with Crippen LogP contribution in [0.5, 0.6) is 0 Å². The molecule has 1 aliphatic rings. The van der Waals surface area contributed by atoms with Crippen LogP contribution in [0, 0.1) is 0 Å². The summed E-state index contributed by atoms with van der Waals surface area (Å²) in [5.74, 6) is 0.675. The molecule has 1 aliphatic carbocycles. The molecule has 0 spiro atoms. The lowest BCUT2D eigenvalue weighted by molar-refractivity contribution is 0.585. The minimum absolute atomic E-state index is 0.0182. The molecule has 2 heteroatoms. The second kappa shape index (κ2) is 7.24. The van der Waals surface area contributed by atoms with Crippen molar-refractivity contribution in [2.45, 2.75) is 6.42 Å². The minimum Gasteiger partial charge on any atom is -0.456 e. The van der Waals surface area contributed by atoms with E-state index in [1.807, 2.05) is 36.4 Å². The Kier molecular flexibility index (Phi) is 4.48. The van der Waals surface area contributed by atoms with Gasteiger partial charge in [-0.05, 0) is 34.9 Å². The third-order valence-electron chi connectivity index (χ3n) is 4.38. The smallest absolute Gasteiger partial charge is 0.193 e. The van der Waals surface area contributed by atoms with Gasteiger partial charge in [0.25, 0.3) is 0 Å². The molecule has 0 saturated heterocycles. The zero-order valence-electron chi connectivity index (χ0n) is 14.3. The van der Waals surface area contributed by atoms with Gasteiger partial charge in [-0.1, -0.05) is 78.9 Å². The molecule has 26 heavy (non-hydrogen) atoms. The van der Waals surface area contributed by atoms with Crippen molar-refractivity contribution in [3.63, 3.8) is 0 Å². The molecule has 126 valence electrons. The Labute approximate surface area is 151 Å². The maximum absolute atomic E-state index is 11.8. The van der Waals surface area contributed by atoms with E-state index in [0.717, 1.165) is 12.0 Å². The second-order valence-electron chi connectivity index (χ2n) is 6.14. The van der Waals surface area contributed by atoms with E-state index in [1.165, 1.54) is 10.8 Å². The Morgan fingerprint density at radius 3 is 2.00 bits per heavy atom. The molecule has 0 bridgehead atoms. The van der Waals surface area contributed by atoms with E-state index in [0.29, 0.717) is 16.7 Å². The molecule has 3 aromatic carbocycles. The molecule has 0 N–H and O–H groups in total. The molecule has 0 atom stereocenters. The average Bonchev–Trinajstić information content (AvgIpc) is 3.24. The molecule has 5 rings (SSSR count). The summed E-state index contributed by atoms with van der Waals surface area (Å²) in [6, 6.07) is 25.6. The summed E-state index contributed by atoms with van der Waals surface area (Å²) >= 11 is 0. The van der Waals surface area contributed by atoms with Crippen LogP contribution in [-0.4, -0.2) is 0 Å². The SMILES string of the molecule is O=c1cc(C2=CC=CC2)oc2ccccc12.c1ccc2ccccc2c1. The number of hydrogen-bond acceptors (Lipinski definition) is 2. The molecule has 0 unspecified atom stereocenters. The topological polar surface area (TPSA) is 30.2 Å². The van der Waals surface area contributed by atoms with Crippen LogP contribution in [0.2, 0.25) is 0 Å². The maximum atomic E-state index is 11.8. The lowest BCUT2D eigenvalue weighted by atomic mass is 10.1. The van der Waals surface area contributed by atoms with E-state index in [1.54, 1.807) is 12.1 Å². The van der Waals surface area contributed by atoms with Gasteiger partial charge in [-0.25, -0.2) is 0 Å². The molecular weight excluding hydrogens is 320 g/mol. The van der Waals surface area contributed by atoms with Crippen molar-refractivity contribution in [3.05, 3.63) is 113 Å². The normalized spacial score (nSPS) is 12.7. The fourth-order valence-electron chi connectivity index (χ4n) is 3.03. The molecule has 0 aliphatic heterocycles. The number of fused-ring (bicyclic) bond motifs is 2. The van der Waals surface area contributed by atoms with Crippen LogP contribution in [0.15, 0.2) is 106 Å². The zero-order chi connectivity index (χ0) is 17.8. The Morgan fingerprint density at radius 2 is 1.38 bits per heavy atom. The van der Waals surface area contributed by atoms with Crippen molar-refractivity contribution in [1.82, 2.24) is 0 Å². The average molecular weight is 338 g/mol. The standard InChI is InChI=1S/C14H10O2.C10H8/c15-12-9-14(10-5-1-2-6-10)16-13-8-4-3-7-11(12)13;1-2-6-10-8-4-3-7-9(10)5-1/h1-5,7-9H,6H2;1-8H. The first-order valence-corrected chi connectivity index (χ1v) is 8.64. The van der Waals surface area contributed by atoms with Crippen LogP contribution in [0.4, 0.5) is 0 Å². The number of rotatable bonds is 1. The van der Waals surface area contributed by atoms with Gasteiger partial charge in [0.15, 0.2) is 5.43 Å². The monoisotopic (exact) mass is 338 g/mol. The zero-order valence-corrected chi connectivity index (χ0v) is 14.3. The highest BCUT2D eigenvalue weighted by atomic mass is 16.3. The van der Waals surface area contributed by atoms with Crippen LogP contribution in [0.3, 0.4) is 0 Å². The predicted octanol–water partition coefficient (Wildman–Crippen LogP) is 5.98. The van der Waals surface area contributed by atoms with Gasteiger partial charge in [-0.2, -0.15) is 0 Å². The van der Waals surface area contributed by atoms with Crippen LogP contribution < -0.4 is 5.43 Å². The van der Waals surface area contributed by atoms with Crippen molar-refractivity contribution in [2.75, 3.05) is 0 Å². The summed E-state index contributed by atoms with van der Waals surface area (Å²) < 4.78 is 5.72. The van der Waals surface area contributed by atoms with Gasteiger partial charge in [-0.15, -0.1) is 0 Å². The van der Waals surface area contributed by atoms with Crippen molar-refractivity contribution < 1.29 is 4.42 Å². The van der Waals surface area contributed by atoms with E-state index in [2.05, 4.69) is 48.5 Å². The van der Waals surface area contributed by atoms with Gasteiger partial charge < -0.3 is 4.42 Å². The van der Waals surface area contributed by atoms with E-state index < -0.39 is 0 Å². The molecule has 0 radical (unpaired) electrons. The number of benzene rings is 3. The highest BCUT2D eigenvalue weighted by Crippen LogP contribution is 2.24. The predicted molar refractivity (Wildman–Crippen MR) is 108 cm³/mol. The highest BCUT2D eigenvalue weighted by Gasteiger charge is 2.09. The molecule has 2 nitrogen and oxygen atoms in total. The summed E-state index contributed by atoms with van der Waals surface area (Å²) in [4.78, 5) is 11.8. The van der Waals surface area contributed by atoms with Gasteiger partial charge in [0, 0.05) is 6.07 Å². The number of para-hydroxylation sites is 1. The van der Waals surface area contributed by atoms with E-state index in [-0.39, 0.29) is 5.43 Å². The third-order valence-corrected chi connectivity index (χ3v) is 4.38. The van der Waals surface area contributed by atoms with Gasteiger partial charge in [-0.3, -0.25) is 4.79 Å². The van der Waals surface area contributed by atoms with Crippen LogP contribution in [0.25, 0.3) is 27.3 Å². The molecule has 0 fully saturated rings. The van der Waals surface area contributed by atoms with Crippen LogP contribution in [-0.2, 0) is 0 Å². The molecule has 1 aromatic heterocycles. The summed E-state index contributed by atoms with van der Waals surface area (Å²) in [5, 5.41) is 3.26. The van der Waals surface area contributed by atoms with Crippen LogP contribution >= 0.6 is 0 Å². The van der Waals surface area contributed by atoms with Crippen LogP contribution in [0.1, 0.15) is 12.2 Å². The quantitative estimate of drug-likeness (QED) is 0.427. The first-order chi connectivity index (χ1) is 12.8. The van der Waals surface area contributed by atoms with Crippen molar-refractivity contribution in [2.24, 2.45) is 0 Å². The Morgan fingerprint density at radius 1 is 0.769 bits per heavy atom. The molecule has 0 amide bonds. The Bertz CT molecular complexity index is 1110. The molecule has 1 heterocycles. The van der Waals surface area contributed by atoms with E-state index in [4.69, 9.17) is 4.42 Å². The number of hydrogen-bond donors (Lipinski definition) is 0. The summed E-state index contributed by atoms with van der Waals surface area (Å²) in [5.41, 5.74) is 1.73. The summed E-state index contributed by atoms with van der Waals surface area (Å²) in [6.45, 7) is 0. The first kappa shape index (κ1) is 16.1. The largest absolute Gasteiger partial charge is 0.456 e. The number of allylic oxidation sites excluding steroid dienone is 4. The van der Waals surface area contributed by atoms with E-state index in [9.17, 15) is 4.79 Å². The fourth-order valence-corrected chi connectivity index (χ4v) is 3.03. The van der Waals surface area contributed by atoms with Gasteiger partial charge in [0.1, 0.15) is 11.3 Å². The third kappa shape index (κ3) is 3.35. The van der Waals surface area contributed by atoms with Gasteiger partial charge >= 0.3 is 0 Å². The lowest BCUT2D eigenvalue weighted by Crippen LogP contribution is -2.01. The van der Waals surface area contributed by atoms with Gasteiger partial charge in [0.05, 0.1) is 5.39 Å². The fraction of sp³-hybridized carbons (Fsp3) is 0.0417. The van der Waals surface area contributed by atoms with E-state index >= 15 is 0 Å². The maximum Gasteiger partial charge on any atom is 0.193 e.